The van der Waals surface area contributed by atoms with Crippen molar-refractivity contribution < 1.29 is 9.13 Å². The number of rotatable bonds is 7. The summed E-state index contributed by atoms with van der Waals surface area (Å²) >= 11 is 0. The van der Waals surface area contributed by atoms with Crippen molar-refractivity contribution >= 4 is 0 Å². The van der Waals surface area contributed by atoms with Crippen LogP contribution >= 0.6 is 0 Å². The van der Waals surface area contributed by atoms with Crippen molar-refractivity contribution in [1.29, 1.82) is 0 Å². The number of aryl methyl sites for hydroxylation is 1. The van der Waals surface area contributed by atoms with E-state index in [1.807, 2.05) is 6.92 Å². The monoisotopic (exact) mass is 253 g/mol. The van der Waals surface area contributed by atoms with E-state index in [0.29, 0.717) is 11.7 Å². The van der Waals surface area contributed by atoms with E-state index in [2.05, 4.69) is 26.1 Å². The first kappa shape index (κ1) is 15.0. The van der Waals surface area contributed by atoms with E-state index < -0.39 is 0 Å². The first-order valence-electron chi connectivity index (χ1n) is 6.68. The van der Waals surface area contributed by atoms with Crippen LogP contribution in [0.25, 0.3) is 0 Å². The van der Waals surface area contributed by atoms with Crippen LogP contribution in [0.3, 0.4) is 0 Å². The molecule has 0 aliphatic heterocycles. The maximum atomic E-state index is 13.2. The standard InChI is InChI=1S/C15H24FNO/c1-5-8-17-10-15(11(2)3)18-14-9-13(16)7-6-12(14)4/h6-7,9,11,15,17H,5,8,10H2,1-4H3. The molecule has 1 atom stereocenters. The van der Waals surface area contributed by atoms with E-state index in [1.54, 1.807) is 6.07 Å². The van der Waals surface area contributed by atoms with E-state index in [1.165, 1.54) is 12.1 Å². The molecule has 0 fully saturated rings. The lowest BCUT2D eigenvalue weighted by Gasteiger charge is -2.24. The average molecular weight is 253 g/mol. The first-order valence-corrected chi connectivity index (χ1v) is 6.68. The summed E-state index contributed by atoms with van der Waals surface area (Å²) in [5, 5.41) is 3.35. The lowest BCUT2D eigenvalue weighted by Crippen LogP contribution is -2.35. The minimum atomic E-state index is -0.250. The van der Waals surface area contributed by atoms with Crippen LogP contribution in [0.1, 0.15) is 32.8 Å². The summed E-state index contributed by atoms with van der Waals surface area (Å²) < 4.78 is 19.1. The fourth-order valence-electron chi connectivity index (χ4n) is 1.70. The zero-order chi connectivity index (χ0) is 13.5. The molecule has 1 aromatic carbocycles. The number of benzene rings is 1. The third-order valence-electron chi connectivity index (χ3n) is 2.94. The molecule has 18 heavy (non-hydrogen) atoms. The Bertz CT molecular complexity index is 366. The Morgan fingerprint density at radius 3 is 2.67 bits per heavy atom. The fraction of sp³-hybridized carbons (Fsp3) is 0.600. The van der Waals surface area contributed by atoms with Gasteiger partial charge in [-0.25, -0.2) is 4.39 Å². The van der Waals surface area contributed by atoms with Crippen molar-refractivity contribution in [2.45, 2.75) is 40.2 Å². The van der Waals surface area contributed by atoms with Gasteiger partial charge in [-0.15, -0.1) is 0 Å². The number of nitrogens with one attached hydrogen (secondary N) is 1. The van der Waals surface area contributed by atoms with Crippen LogP contribution in [0.4, 0.5) is 4.39 Å². The summed E-state index contributed by atoms with van der Waals surface area (Å²) in [4.78, 5) is 0. The van der Waals surface area contributed by atoms with Crippen molar-refractivity contribution in [2.24, 2.45) is 5.92 Å². The van der Waals surface area contributed by atoms with E-state index >= 15 is 0 Å². The van der Waals surface area contributed by atoms with Crippen LogP contribution in [-0.4, -0.2) is 19.2 Å². The molecule has 102 valence electrons. The van der Waals surface area contributed by atoms with Gasteiger partial charge in [0.05, 0.1) is 0 Å². The lowest BCUT2D eigenvalue weighted by molar-refractivity contribution is 0.147. The molecule has 1 unspecified atom stereocenters. The SMILES string of the molecule is CCCNCC(Oc1cc(F)ccc1C)C(C)C. The van der Waals surface area contributed by atoms with Crippen LogP contribution < -0.4 is 10.1 Å². The highest BCUT2D eigenvalue weighted by Gasteiger charge is 2.16. The van der Waals surface area contributed by atoms with Crippen molar-refractivity contribution in [3.63, 3.8) is 0 Å². The molecule has 0 spiro atoms. The van der Waals surface area contributed by atoms with Gasteiger partial charge in [-0.05, 0) is 37.4 Å². The molecular formula is C15H24FNO. The maximum Gasteiger partial charge on any atom is 0.126 e. The van der Waals surface area contributed by atoms with Crippen LogP contribution in [-0.2, 0) is 0 Å². The van der Waals surface area contributed by atoms with E-state index in [4.69, 9.17) is 4.74 Å². The summed E-state index contributed by atoms with van der Waals surface area (Å²) in [7, 11) is 0. The van der Waals surface area contributed by atoms with Gasteiger partial charge < -0.3 is 10.1 Å². The van der Waals surface area contributed by atoms with Crippen LogP contribution in [0.15, 0.2) is 18.2 Å². The minimum absolute atomic E-state index is 0.0667. The van der Waals surface area contributed by atoms with Gasteiger partial charge in [-0.1, -0.05) is 26.8 Å². The fourth-order valence-corrected chi connectivity index (χ4v) is 1.70. The predicted octanol–water partition coefficient (Wildman–Crippen LogP) is 3.54. The van der Waals surface area contributed by atoms with Crippen LogP contribution in [0.2, 0.25) is 0 Å². The summed E-state index contributed by atoms with van der Waals surface area (Å²) in [5.41, 5.74) is 0.970. The highest BCUT2D eigenvalue weighted by atomic mass is 19.1. The largest absolute Gasteiger partial charge is 0.488 e. The second kappa shape index (κ2) is 7.37. The number of hydrogen-bond donors (Lipinski definition) is 1. The second-order valence-corrected chi connectivity index (χ2v) is 5.01. The maximum absolute atomic E-state index is 13.2. The summed E-state index contributed by atoms with van der Waals surface area (Å²) in [6.07, 6.45) is 1.17. The summed E-state index contributed by atoms with van der Waals surface area (Å²) in [6.45, 7) is 10.1. The van der Waals surface area contributed by atoms with Gasteiger partial charge in [0.25, 0.3) is 0 Å². The van der Waals surface area contributed by atoms with Crippen molar-refractivity contribution in [1.82, 2.24) is 5.32 Å². The van der Waals surface area contributed by atoms with Gasteiger partial charge in [0.1, 0.15) is 17.7 Å². The highest BCUT2D eigenvalue weighted by Crippen LogP contribution is 2.21. The Labute approximate surface area is 110 Å². The smallest absolute Gasteiger partial charge is 0.126 e. The van der Waals surface area contributed by atoms with E-state index in [0.717, 1.165) is 25.1 Å². The Morgan fingerprint density at radius 1 is 1.33 bits per heavy atom. The average Bonchev–Trinajstić information content (AvgIpc) is 2.32. The van der Waals surface area contributed by atoms with Gasteiger partial charge in [-0.3, -0.25) is 0 Å². The summed E-state index contributed by atoms with van der Waals surface area (Å²) in [5.74, 6) is 0.781. The minimum Gasteiger partial charge on any atom is -0.488 e. The number of ether oxygens (including phenoxy) is 1. The molecular weight excluding hydrogens is 229 g/mol. The molecule has 1 aromatic rings. The highest BCUT2D eigenvalue weighted by molar-refractivity contribution is 5.32. The topological polar surface area (TPSA) is 21.3 Å². The molecule has 0 aromatic heterocycles. The molecule has 3 heteroatoms. The molecule has 0 amide bonds. The third kappa shape index (κ3) is 4.65. The van der Waals surface area contributed by atoms with Gasteiger partial charge in [0.15, 0.2) is 0 Å². The molecule has 1 N–H and O–H groups in total. The zero-order valence-corrected chi connectivity index (χ0v) is 11.8. The van der Waals surface area contributed by atoms with Crippen molar-refractivity contribution in [2.75, 3.05) is 13.1 Å². The Morgan fingerprint density at radius 2 is 2.06 bits per heavy atom. The second-order valence-electron chi connectivity index (χ2n) is 5.01. The number of hydrogen-bond acceptors (Lipinski definition) is 2. The van der Waals surface area contributed by atoms with E-state index in [-0.39, 0.29) is 11.9 Å². The predicted molar refractivity (Wildman–Crippen MR) is 73.6 cm³/mol. The van der Waals surface area contributed by atoms with Crippen LogP contribution in [0.5, 0.6) is 5.75 Å². The van der Waals surface area contributed by atoms with Gasteiger partial charge >= 0.3 is 0 Å². The van der Waals surface area contributed by atoms with Crippen LogP contribution in [0, 0.1) is 18.7 Å². The number of halogens is 1. The molecule has 0 heterocycles. The molecule has 1 rings (SSSR count). The normalized spacial score (nSPS) is 12.8. The van der Waals surface area contributed by atoms with Gasteiger partial charge in [0.2, 0.25) is 0 Å². The Balaban J connectivity index is 2.67. The summed E-state index contributed by atoms with van der Waals surface area (Å²) in [6, 6.07) is 4.67. The molecule has 0 aliphatic carbocycles. The lowest BCUT2D eigenvalue weighted by atomic mass is 10.1. The van der Waals surface area contributed by atoms with Gasteiger partial charge in [0, 0.05) is 12.6 Å². The van der Waals surface area contributed by atoms with Gasteiger partial charge in [-0.2, -0.15) is 0 Å². The molecule has 2 nitrogen and oxygen atoms in total. The van der Waals surface area contributed by atoms with Crippen molar-refractivity contribution in [3.05, 3.63) is 29.6 Å². The molecule has 0 aliphatic rings. The molecule has 0 radical (unpaired) electrons. The first-order chi connectivity index (χ1) is 8.54. The Kier molecular flexibility index (Phi) is 6.13. The zero-order valence-electron chi connectivity index (χ0n) is 11.8. The molecule has 0 bridgehead atoms. The van der Waals surface area contributed by atoms with E-state index in [9.17, 15) is 4.39 Å². The Hall–Kier alpha value is -1.09. The third-order valence-corrected chi connectivity index (χ3v) is 2.94. The quantitative estimate of drug-likeness (QED) is 0.750. The molecule has 0 saturated carbocycles. The molecule has 0 saturated heterocycles. The van der Waals surface area contributed by atoms with Crippen molar-refractivity contribution in [3.8, 4) is 5.75 Å².